The molecule has 0 aromatic carbocycles. The first-order chi connectivity index (χ1) is 25.7. The smallest absolute Gasteiger partial charge is 0.462 e. The Morgan fingerprint density at radius 3 is 1.57 bits per heavy atom. The fourth-order valence-electron chi connectivity index (χ4n) is 4.95. The first kappa shape index (κ1) is 50.5. The van der Waals surface area contributed by atoms with E-state index < -0.39 is 32.5 Å². The van der Waals surface area contributed by atoms with E-state index in [1.165, 1.54) is 51.4 Å². The number of esters is 2. The largest absolute Gasteiger partial charge is 0.472 e. The Bertz CT molecular complexity index is 1110. The first-order valence-electron chi connectivity index (χ1n) is 20.2. The van der Waals surface area contributed by atoms with E-state index in [0.717, 1.165) is 57.8 Å². The van der Waals surface area contributed by atoms with Gasteiger partial charge in [0.1, 0.15) is 6.61 Å². The van der Waals surface area contributed by atoms with Crippen LogP contribution in [0.1, 0.15) is 142 Å². The number of ether oxygens (including phenoxy) is 2. The molecule has 2 unspecified atom stereocenters. The Balaban J connectivity index is 4.48. The molecule has 0 amide bonds. The summed E-state index contributed by atoms with van der Waals surface area (Å²) in [6.07, 6.45) is 43.9. The molecule has 0 saturated heterocycles. The van der Waals surface area contributed by atoms with Gasteiger partial charge < -0.3 is 19.3 Å². The van der Waals surface area contributed by atoms with Crippen molar-refractivity contribution in [1.29, 1.82) is 0 Å². The van der Waals surface area contributed by atoms with Crippen molar-refractivity contribution in [3.63, 3.8) is 0 Å². The van der Waals surface area contributed by atoms with Crippen LogP contribution in [0, 0.1) is 0 Å². The number of nitrogens with zero attached hydrogens (tertiary/aromatic N) is 1. The fourth-order valence-corrected chi connectivity index (χ4v) is 5.69. The zero-order valence-electron chi connectivity index (χ0n) is 33.7. The van der Waals surface area contributed by atoms with Crippen LogP contribution < -0.4 is 0 Å². The Labute approximate surface area is 323 Å². The summed E-state index contributed by atoms with van der Waals surface area (Å²) < 4.78 is 33.3. The lowest BCUT2D eigenvalue weighted by Crippen LogP contribution is -2.29. The molecule has 0 aliphatic heterocycles. The molecule has 0 saturated carbocycles. The quantitative estimate of drug-likeness (QED) is 0.0288. The average Bonchev–Trinajstić information content (AvgIpc) is 3.12. The van der Waals surface area contributed by atoms with Gasteiger partial charge in [-0.05, 0) is 65.5 Å². The summed E-state index contributed by atoms with van der Waals surface area (Å²) in [4.78, 5) is 36.8. The third kappa shape index (κ3) is 39.0. The molecular weight excluding hydrogens is 689 g/mol. The van der Waals surface area contributed by atoms with Crippen molar-refractivity contribution in [3.05, 3.63) is 72.9 Å². The summed E-state index contributed by atoms with van der Waals surface area (Å²) in [6.45, 7) is 4.09. The molecule has 2 atom stereocenters. The molecule has 0 fully saturated rings. The first-order valence-corrected chi connectivity index (χ1v) is 21.7. The lowest BCUT2D eigenvalue weighted by Gasteiger charge is -2.20. The van der Waals surface area contributed by atoms with Gasteiger partial charge in [0.2, 0.25) is 0 Å². The van der Waals surface area contributed by atoms with Gasteiger partial charge in [0.15, 0.2) is 6.10 Å². The minimum atomic E-state index is -4.38. The molecule has 9 nitrogen and oxygen atoms in total. The number of hydrogen-bond donors (Lipinski definition) is 1. The van der Waals surface area contributed by atoms with Crippen molar-refractivity contribution in [2.75, 3.05) is 40.5 Å². The van der Waals surface area contributed by atoms with Crippen LogP contribution in [0.4, 0.5) is 0 Å². The number of rotatable bonds is 36. The van der Waals surface area contributed by atoms with Gasteiger partial charge >= 0.3 is 19.8 Å². The minimum absolute atomic E-state index is 0.00880. The second-order valence-corrected chi connectivity index (χ2v) is 14.9. The van der Waals surface area contributed by atoms with Gasteiger partial charge in [-0.25, -0.2) is 4.57 Å². The number of carbonyl (C=O) groups is 2. The van der Waals surface area contributed by atoms with Crippen LogP contribution in [0.2, 0.25) is 0 Å². The maximum atomic E-state index is 12.6. The van der Waals surface area contributed by atoms with E-state index in [9.17, 15) is 19.0 Å². The van der Waals surface area contributed by atoms with Crippen LogP contribution in [-0.2, 0) is 32.7 Å². The van der Waals surface area contributed by atoms with Gasteiger partial charge in [0, 0.05) is 19.4 Å². The van der Waals surface area contributed by atoms with Crippen LogP contribution in [0.5, 0.6) is 0 Å². The van der Waals surface area contributed by atoms with Crippen molar-refractivity contribution in [3.8, 4) is 0 Å². The molecule has 0 aliphatic carbocycles. The van der Waals surface area contributed by atoms with Crippen molar-refractivity contribution < 1.29 is 37.6 Å². The van der Waals surface area contributed by atoms with Crippen molar-refractivity contribution >= 4 is 19.8 Å². The fraction of sp³-hybridized carbons (Fsp3) is 0.674. The Morgan fingerprint density at radius 2 is 1.08 bits per heavy atom. The van der Waals surface area contributed by atoms with E-state index in [4.69, 9.17) is 18.5 Å². The number of unbranched alkanes of at least 4 members (excludes halogenated alkanes) is 10. The summed E-state index contributed by atoms with van der Waals surface area (Å²) in [7, 11) is -0.754. The lowest BCUT2D eigenvalue weighted by molar-refractivity contribution is -0.161. The zero-order valence-corrected chi connectivity index (χ0v) is 34.6. The van der Waals surface area contributed by atoms with E-state index in [-0.39, 0.29) is 26.1 Å². The Kier molecular flexibility index (Phi) is 35.9. The number of likely N-dealkylation sites (N-methyl/N-ethyl adjacent to an activating group) is 1. The predicted molar refractivity (Wildman–Crippen MR) is 220 cm³/mol. The molecule has 0 heterocycles. The molecule has 0 spiro atoms. The molecule has 0 aliphatic rings. The SMILES string of the molecule is CC/C=C\C/C=C\C/C=C\C/C=C\C/C=C\C/C=C\CCC(=O)OC(COC(=O)CCCCCCCCCCCCC)COP(=O)(O)OCCN(C)C. The third-order valence-electron chi connectivity index (χ3n) is 8.04. The molecule has 0 radical (unpaired) electrons. The van der Waals surface area contributed by atoms with E-state index in [1.54, 1.807) is 4.90 Å². The van der Waals surface area contributed by atoms with Crippen LogP contribution in [-0.4, -0.2) is 68.3 Å². The molecule has 10 heteroatoms. The zero-order chi connectivity index (χ0) is 39.1. The lowest BCUT2D eigenvalue weighted by atomic mass is 10.1. The highest BCUT2D eigenvalue weighted by atomic mass is 31.2. The molecular formula is C43H74NO8P. The topological polar surface area (TPSA) is 112 Å². The second kappa shape index (κ2) is 37.8. The number of phosphoric acid groups is 1. The van der Waals surface area contributed by atoms with Crippen LogP contribution >= 0.6 is 7.82 Å². The van der Waals surface area contributed by atoms with Crippen LogP contribution in [0.15, 0.2) is 72.9 Å². The van der Waals surface area contributed by atoms with Crippen molar-refractivity contribution in [1.82, 2.24) is 4.90 Å². The monoisotopic (exact) mass is 764 g/mol. The highest BCUT2D eigenvalue weighted by Gasteiger charge is 2.26. The number of hydrogen-bond acceptors (Lipinski definition) is 8. The highest BCUT2D eigenvalue weighted by molar-refractivity contribution is 7.47. The number of allylic oxidation sites excluding steroid dienone is 12. The van der Waals surface area contributed by atoms with Gasteiger partial charge in [0.05, 0.1) is 13.2 Å². The van der Waals surface area contributed by atoms with Crippen LogP contribution in [0.25, 0.3) is 0 Å². The second-order valence-electron chi connectivity index (χ2n) is 13.4. The number of carbonyl (C=O) groups excluding carboxylic acids is 2. The summed E-state index contributed by atoms with van der Waals surface area (Å²) >= 11 is 0. The Morgan fingerprint density at radius 1 is 0.604 bits per heavy atom. The standard InChI is InChI=1S/C43H74NO8P/c1-5-7-9-11-13-15-17-18-19-20-21-22-23-24-26-28-30-32-34-36-43(46)52-41(40-51-53(47,48)50-38-37-44(3)4)39-49-42(45)35-33-31-29-27-25-16-14-12-10-8-6-2/h7,9,13,15,18-19,21-22,24,26,30,32,41H,5-6,8,10-12,14,16-17,20,23,25,27-29,31,33-40H2,1-4H3,(H,47,48)/b9-7-,15-13-,19-18-,22-21-,26-24-,32-30-. The Hall–Kier alpha value is -2.55. The minimum Gasteiger partial charge on any atom is -0.462 e. The average molecular weight is 764 g/mol. The van der Waals surface area contributed by atoms with Gasteiger partial charge in [-0.1, -0.05) is 151 Å². The van der Waals surface area contributed by atoms with E-state index in [2.05, 4.69) is 74.6 Å². The summed E-state index contributed by atoms with van der Waals surface area (Å²) in [5, 5.41) is 0. The molecule has 0 bridgehead atoms. The van der Waals surface area contributed by atoms with Gasteiger partial charge in [-0.2, -0.15) is 0 Å². The molecule has 1 N–H and O–H groups in total. The molecule has 304 valence electrons. The van der Waals surface area contributed by atoms with Gasteiger partial charge in [-0.3, -0.25) is 18.6 Å². The van der Waals surface area contributed by atoms with Crippen molar-refractivity contribution in [2.45, 2.75) is 148 Å². The molecule has 53 heavy (non-hydrogen) atoms. The van der Waals surface area contributed by atoms with Gasteiger partial charge in [-0.15, -0.1) is 0 Å². The van der Waals surface area contributed by atoms with E-state index in [0.29, 0.717) is 13.0 Å². The van der Waals surface area contributed by atoms with E-state index >= 15 is 0 Å². The van der Waals surface area contributed by atoms with Crippen LogP contribution in [0.3, 0.4) is 0 Å². The number of phosphoric ester groups is 1. The molecule has 0 aromatic heterocycles. The summed E-state index contributed by atoms with van der Waals surface area (Å²) in [5.74, 6) is -0.907. The normalized spacial score (nSPS) is 14.2. The van der Waals surface area contributed by atoms with Gasteiger partial charge in [0.25, 0.3) is 0 Å². The highest BCUT2D eigenvalue weighted by Crippen LogP contribution is 2.43. The predicted octanol–water partition coefficient (Wildman–Crippen LogP) is 11.3. The maximum Gasteiger partial charge on any atom is 0.472 e. The molecule has 0 aromatic rings. The third-order valence-corrected chi connectivity index (χ3v) is 9.03. The summed E-state index contributed by atoms with van der Waals surface area (Å²) in [6, 6.07) is 0. The molecule has 0 rings (SSSR count). The van der Waals surface area contributed by atoms with E-state index in [1.807, 2.05) is 26.2 Å². The summed E-state index contributed by atoms with van der Waals surface area (Å²) in [5.41, 5.74) is 0. The van der Waals surface area contributed by atoms with Crippen molar-refractivity contribution in [2.24, 2.45) is 0 Å². The maximum absolute atomic E-state index is 12.6.